The van der Waals surface area contributed by atoms with E-state index in [1.807, 2.05) is 0 Å². The lowest BCUT2D eigenvalue weighted by Crippen LogP contribution is -2.27. The Morgan fingerprint density at radius 1 is 1.38 bits per heavy atom. The number of nitrogens with one attached hydrogen (secondary N) is 1. The van der Waals surface area contributed by atoms with Crippen LogP contribution in [0.2, 0.25) is 0 Å². The number of nitro groups is 1. The first-order chi connectivity index (χ1) is 9.58. The largest absolute Gasteiger partial charge is 0.478 e. The van der Waals surface area contributed by atoms with E-state index in [-0.39, 0.29) is 16.8 Å². The number of benzene rings is 1. The molecule has 1 aromatic carbocycles. The maximum Gasteiger partial charge on any atom is 0.412 e. The third kappa shape index (κ3) is 5.47. The normalized spacial score (nSPS) is 10.8. The van der Waals surface area contributed by atoms with Crippen LogP contribution in [0.15, 0.2) is 18.2 Å². The average Bonchev–Trinajstić information content (AvgIpc) is 2.24. The molecule has 0 unspecified atom stereocenters. The maximum absolute atomic E-state index is 11.6. The molecule has 2 N–H and O–H groups in total. The Hall–Kier alpha value is -2.64. The third-order valence-electron chi connectivity index (χ3n) is 2.28. The molecule has 0 bridgehead atoms. The summed E-state index contributed by atoms with van der Waals surface area (Å²) in [6.45, 7) is 4.43. The molecule has 1 aromatic rings. The number of anilines is 1. The molecule has 0 saturated heterocycles. The summed E-state index contributed by atoms with van der Waals surface area (Å²) in [5.74, 6) is -1.27. The van der Waals surface area contributed by atoms with E-state index in [0.29, 0.717) is 0 Å². The van der Waals surface area contributed by atoms with Crippen molar-refractivity contribution < 1.29 is 24.4 Å². The van der Waals surface area contributed by atoms with Gasteiger partial charge in [-0.2, -0.15) is 0 Å². The highest BCUT2D eigenvalue weighted by Gasteiger charge is 2.18. The van der Waals surface area contributed by atoms with Gasteiger partial charge in [0.15, 0.2) is 0 Å². The Morgan fingerprint density at radius 3 is 2.48 bits per heavy atom. The maximum atomic E-state index is 11.6. The van der Waals surface area contributed by atoms with Gasteiger partial charge in [0.05, 0.1) is 5.56 Å². The van der Waals surface area contributed by atoms with E-state index in [2.05, 4.69) is 5.32 Å². The fourth-order valence-electron chi connectivity index (χ4n) is 1.57. The van der Waals surface area contributed by atoms with Crippen LogP contribution in [0.5, 0.6) is 0 Å². The van der Waals surface area contributed by atoms with Gasteiger partial charge < -0.3 is 9.84 Å². The highest BCUT2D eigenvalue weighted by molar-refractivity contribution is 5.91. The van der Waals surface area contributed by atoms with Crippen LogP contribution in [0.25, 0.3) is 0 Å². The lowest BCUT2D eigenvalue weighted by molar-refractivity contribution is -0.496. The number of hydrogen-bond acceptors (Lipinski definition) is 5. The first-order valence-electron chi connectivity index (χ1n) is 6.06. The van der Waals surface area contributed by atoms with Crippen LogP contribution >= 0.6 is 0 Å². The van der Waals surface area contributed by atoms with Crippen LogP contribution in [0.3, 0.4) is 0 Å². The Morgan fingerprint density at radius 2 is 2.00 bits per heavy atom. The smallest absolute Gasteiger partial charge is 0.412 e. The van der Waals surface area contributed by atoms with Gasteiger partial charge in [0, 0.05) is 16.2 Å². The molecular weight excluding hydrogens is 280 g/mol. The van der Waals surface area contributed by atoms with Crippen molar-refractivity contribution in [2.24, 2.45) is 0 Å². The second-order valence-electron chi connectivity index (χ2n) is 5.29. The van der Waals surface area contributed by atoms with Crippen molar-refractivity contribution in [3.63, 3.8) is 0 Å². The average molecular weight is 296 g/mol. The summed E-state index contributed by atoms with van der Waals surface area (Å²) in [6.07, 6.45) is -0.724. The first kappa shape index (κ1) is 16.4. The summed E-state index contributed by atoms with van der Waals surface area (Å²) >= 11 is 0. The second-order valence-corrected chi connectivity index (χ2v) is 5.29. The number of carbonyl (C=O) groups is 2. The van der Waals surface area contributed by atoms with Crippen molar-refractivity contribution in [2.45, 2.75) is 32.9 Å². The topological polar surface area (TPSA) is 119 Å². The molecule has 8 heteroatoms. The number of rotatable bonds is 4. The van der Waals surface area contributed by atoms with Gasteiger partial charge in [-0.3, -0.25) is 15.4 Å². The van der Waals surface area contributed by atoms with E-state index in [4.69, 9.17) is 9.84 Å². The van der Waals surface area contributed by atoms with Crippen LogP contribution in [-0.2, 0) is 11.3 Å². The highest BCUT2D eigenvalue weighted by atomic mass is 16.6. The monoisotopic (exact) mass is 296 g/mol. The number of aromatic carboxylic acids is 1. The van der Waals surface area contributed by atoms with Gasteiger partial charge in [-0.15, -0.1) is 0 Å². The molecule has 0 spiro atoms. The summed E-state index contributed by atoms with van der Waals surface area (Å²) in [7, 11) is 0. The molecule has 0 saturated carbocycles. The molecule has 0 atom stereocenters. The van der Waals surface area contributed by atoms with Crippen LogP contribution < -0.4 is 5.32 Å². The minimum Gasteiger partial charge on any atom is -0.478 e. The molecule has 1 rings (SSSR count). The lowest BCUT2D eigenvalue weighted by Gasteiger charge is -2.19. The Bertz CT molecular complexity index is 577. The molecule has 0 radical (unpaired) electrons. The summed E-state index contributed by atoms with van der Waals surface area (Å²) in [5, 5.41) is 21.9. The van der Waals surface area contributed by atoms with E-state index >= 15 is 0 Å². The van der Waals surface area contributed by atoms with Crippen molar-refractivity contribution in [2.75, 3.05) is 5.32 Å². The van der Waals surface area contributed by atoms with Crippen molar-refractivity contribution in [3.8, 4) is 0 Å². The molecular formula is C13H16N2O6. The van der Waals surface area contributed by atoms with Crippen LogP contribution in [0.1, 0.15) is 36.7 Å². The Balaban J connectivity index is 2.97. The summed E-state index contributed by atoms with van der Waals surface area (Å²) in [4.78, 5) is 32.5. The van der Waals surface area contributed by atoms with E-state index in [1.54, 1.807) is 20.8 Å². The SMILES string of the molecule is CC(C)(C)OC(=O)Nc1ccc(C(=O)O)c(C[N+](=O)[O-])c1. The Kier molecular flexibility index (Phi) is 4.85. The zero-order valence-corrected chi connectivity index (χ0v) is 11.9. The zero-order valence-electron chi connectivity index (χ0n) is 11.9. The van der Waals surface area contributed by atoms with Crippen molar-refractivity contribution in [3.05, 3.63) is 39.4 Å². The zero-order chi connectivity index (χ0) is 16.2. The van der Waals surface area contributed by atoms with E-state index in [1.165, 1.54) is 18.2 Å². The predicted molar refractivity (Wildman–Crippen MR) is 74.0 cm³/mol. The summed E-state index contributed by atoms with van der Waals surface area (Å²) in [6, 6.07) is 3.79. The number of carbonyl (C=O) groups excluding carboxylic acids is 1. The fourth-order valence-corrected chi connectivity index (χ4v) is 1.57. The van der Waals surface area contributed by atoms with Crippen LogP contribution in [0.4, 0.5) is 10.5 Å². The standard InChI is InChI=1S/C13H16N2O6/c1-13(2,3)21-12(18)14-9-4-5-10(11(16)17)8(6-9)7-15(19)20/h4-6H,7H2,1-3H3,(H,14,18)(H,16,17). The second kappa shape index (κ2) is 6.21. The molecule has 21 heavy (non-hydrogen) atoms. The van der Waals surface area contributed by atoms with Gasteiger partial charge in [0.2, 0.25) is 6.54 Å². The molecule has 0 fully saturated rings. The minimum atomic E-state index is -1.27. The highest BCUT2D eigenvalue weighted by Crippen LogP contribution is 2.18. The molecule has 0 aliphatic carbocycles. The minimum absolute atomic E-state index is 0.000980. The molecule has 0 aliphatic rings. The molecule has 1 amide bonds. The number of amides is 1. The quantitative estimate of drug-likeness (QED) is 0.650. The molecule has 0 aromatic heterocycles. The van der Waals surface area contributed by atoms with Gasteiger partial charge in [-0.1, -0.05) is 0 Å². The number of carboxylic acid groups (broad SMARTS) is 1. The van der Waals surface area contributed by atoms with Crippen LogP contribution in [-0.4, -0.2) is 27.7 Å². The van der Waals surface area contributed by atoms with E-state index in [0.717, 1.165) is 0 Å². The number of ether oxygens (including phenoxy) is 1. The van der Waals surface area contributed by atoms with Crippen molar-refractivity contribution >= 4 is 17.7 Å². The molecule has 0 aliphatic heterocycles. The van der Waals surface area contributed by atoms with Crippen LogP contribution in [0, 0.1) is 10.1 Å². The van der Waals surface area contributed by atoms with Gasteiger partial charge in [0.25, 0.3) is 0 Å². The third-order valence-corrected chi connectivity index (χ3v) is 2.28. The number of nitrogens with zero attached hydrogens (tertiary/aromatic N) is 1. The first-order valence-corrected chi connectivity index (χ1v) is 6.06. The van der Waals surface area contributed by atoms with E-state index in [9.17, 15) is 19.7 Å². The van der Waals surface area contributed by atoms with Gasteiger partial charge in [0.1, 0.15) is 5.60 Å². The van der Waals surface area contributed by atoms with Gasteiger partial charge in [-0.05, 0) is 39.0 Å². The molecule has 0 heterocycles. The molecule has 114 valence electrons. The van der Waals surface area contributed by atoms with Gasteiger partial charge >= 0.3 is 12.1 Å². The van der Waals surface area contributed by atoms with Crippen molar-refractivity contribution in [1.82, 2.24) is 0 Å². The Labute approximate surface area is 120 Å². The lowest BCUT2D eigenvalue weighted by atomic mass is 10.1. The van der Waals surface area contributed by atoms with Gasteiger partial charge in [-0.25, -0.2) is 9.59 Å². The number of hydrogen-bond donors (Lipinski definition) is 2. The molecule has 8 nitrogen and oxygen atoms in total. The van der Waals surface area contributed by atoms with Crippen molar-refractivity contribution in [1.29, 1.82) is 0 Å². The predicted octanol–water partition coefficient (Wildman–Crippen LogP) is 2.51. The number of carboxylic acids is 1. The fraction of sp³-hybridized carbons (Fsp3) is 0.385. The summed E-state index contributed by atoms with van der Waals surface area (Å²) in [5.41, 5.74) is -0.636. The summed E-state index contributed by atoms with van der Waals surface area (Å²) < 4.78 is 5.04. The van der Waals surface area contributed by atoms with E-state index < -0.39 is 29.1 Å².